The molecule has 0 amide bonds. The number of aliphatic hydroxyl groups is 1. The monoisotopic (exact) mass is 168 g/mol. The number of rotatable bonds is 2. The maximum Gasteiger partial charge on any atom is 0.0675 e. The Bertz CT molecular complexity index is 152. The molecule has 0 spiro atoms. The summed E-state index contributed by atoms with van der Waals surface area (Å²) in [5.41, 5.74) is -0.319. The van der Waals surface area contributed by atoms with Gasteiger partial charge in [-0.25, -0.2) is 0 Å². The van der Waals surface area contributed by atoms with E-state index in [0.29, 0.717) is 11.8 Å². The van der Waals surface area contributed by atoms with E-state index in [1.807, 2.05) is 0 Å². The minimum absolute atomic E-state index is 0.319. The van der Waals surface area contributed by atoms with E-state index in [1.165, 1.54) is 44.9 Å². The second-order valence-corrected chi connectivity index (χ2v) is 4.84. The van der Waals surface area contributed by atoms with Crippen molar-refractivity contribution in [2.75, 3.05) is 0 Å². The van der Waals surface area contributed by atoms with Crippen LogP contribution in [0.1, 0.15) is 51.9 Å². The Labute approximate surface area is 75.2 Å². The van der Waals surface area contributed by atoms with E-state index >= 15 is 0 Å². The van der Waals surface area contributed by atoms with Crippen LogP contribution < -0.4 is 0 Å². The Morgan fingerprint density at radius 3 is 1.92 bits per heavy atom. The summed E-state index contributed by atoms with van der Waals surface area (Å²) < 4.78 is 0. The van der Waals surface area contributed by atoms with Crippen LogP contribution in [-0.4, -0.2) is 10.7 Å². The molecule has 0 heterocycles. The van der Waals surface area contributed by atoms with Crippen LogP contribution in [0.2, 0.25) is 0 Å². The molecular formula is C11H20O. The van der Waals surface area contributed by atoms with Crippen molar-refractivity contribution in [3.05, 3.63) is 0 Å². The molecular weight excluding hydrogens is 148 g/mol. The molecule has 0 aromatic heterocycles. The largest absolute Gasteiger partial charge is 0.390 e. The summed E-state index contributed by atoms with van der Waals surface area (Å²) in [6, 6.07) is 0. The fraction of sp³-hybridized carbons (Fsp3) is 1.00. The van der Waals surface area contributed by atoms with Crippen LogP contribution in [-0.2, 0) is 0 Å². The Hall–Kier alpha value is -0.0400. The molecule has 0 aliphatic heterocycles. The van der Waals surface area contributed by atoms with Crippen LogP contribution in [0.4, 0.5) is 0 Å². The number of hydrogen-bond donors (Lipinski definition) is 1. The van der Waals surface area contributed by atoms with Gasteiger partial charge >= 0.3 is 0 Å². The van der Waals surface area contributed by atoms with Crippen molar-refractivity contribution < 1.29 is 5.11 Å². The van der Waals surface area contributed by atoms with Crippen LogP contribution in [0.25, 0.3) is 0 Å². The first kappa shape index (κ1) is 8.55. The second kappa shape index (κ2) is 3.02. The summed E-state index contributed by atoms with van der Waals surface area (Å²) in [7, 11) is 0. The summed E-state index contributed by atoms with van der Waals surface area (Å²) in [5.74, 6) is 1.25. The molecule has 1 nitrogen and oxygen atoms in total. The summed E-state index contributed by atoms with van der Waals surface area (Å²) in [5, 5.41) is 10.3. The van der Waals surface area contributed by atoms with E-state index in [4.69, 9.17) is 0 Å². The van der Waals surface area contributed by atoms with Gasteiger partial charge in [-0.1, -0.05) is 19.3 Å². The van der Waals surface area contributed by atoms with Gasteiger partial charge in [-0.3, -0.25) is 0 Å². The molecule has 2 aliphatic carbocycles. The quantitative estimate of drug-likeness (QED) is 0.672. The van der Waals surface area contributed by atoms with E-state index < -0.39 is 0 Å². The molecule has 1 N–H and O–H groups in total. The molecule has 2 saturated carbocycles. The minimum Gasteiger partial charge on any atom is -0.390 e. The van der Waals surface area contributed by atoms with Crippen LogP contribution in [0.15, 0.2) is 0 Å². The Kier molecular flexibility index (Phi) is 2.16. The van der Waals surface area contributed by atoms with Crippen LogP contribution >= 0.6 is 0 Å². The van der Waals surface area contributed by atoms with E-state index in [1.54, 1.807) is 0 Å². The molecule has 0 bridgehead atoms. The Morgan fingerprint density at radius 1 is 0.917 bits per heavy atom. The van der Waals surface area contributed by atoms with E-state index in [0.717, 1.165) is 0 Å². The fourth-order valence-corrected chi connectivity index (χ4v) is 2.69. The third-order valence-corrected chi connectivity index (χ3v) is 3.84. The SMILES string of the molecule is C[C@@](O)(C1CCCCC1)C1CC1. The first-order chi connectivity index (χ1) is 5.71. The van der Waals surface area contributed by atoms with Gasteiger partial charge in [0, 0.05) is 0 Å². The van der Waals surface area contributed by atoms with Gasteiger partial charge in [0.25, 0.3) is 0 Å². The third kappa shape index (κ3) is 1.52. The van der Waals surface area contributed by atoms with Gasteiger partial charge in [-0.05, 0) is 44.4 Å². The Balaban J connectivity index is 1.95. The van der Waals surface area contributed by atoms with Gasteiger partial charge in [-0.2, -0.15) is 0 Å². The average molecular weight is 168 g/mol. The summed E-state index contributed by atoms with van der Waals surface area (Å²) in [4.78, 5) is 0. The van der Waals surface area contributed by atoms with E-state index in [2.05, 4.69) is 6.92 Å². The maximum atomic E-state index is 10.3. The first-order valence-corrected chi connectivity index (χ1v) is 5.43. The molecule has 1 heteroatoms. The van der Waals surface area contributed by atoms with E-state index in [9.17, 15) is 5.11 Å². The van der Waals surface area contributed by atoms with Gasteiger partial charge in [0.1, 0.15) is 0 Å². The lowest BCUT2D eigenvalue weighted by Gasteiger charge is -2.35. The molecule has 2 fully saturated rings. The average Bonchev–Trinajstić information content (AvgIpc) is 2.88. The molecule has 0 unspecified atom stereocenters. The van der Waals surface area contributed by atoms with Gasteiger partial charge in [0.2, 0.25) is 0 Å². The lowest BCUT2D eigenvalue weighted by atomic mass is 9.75. The van der Waals surface area contributed by atoms with Gasteiger partial charge in [0.15, 0.2) is 0 Å². The molecule has 0 aromatic rings. The normalized spacial score (nSPS) is 31.5. The highest BCUT2D eigenvalue weighted by atomic mass is 16.3. The zero-order valence-corrected chi connectivity index (χ0v) is 8.05. The zero-order valence-electron chi connectivity index (χ0n) is 8.05. The predicted octanol–water partition coefficient (Wildman–Crippen LogP) is 2.73. The highest BCUT2D eigenvalue weighted by Gasteiger charge is 2.45. The molecule has 2 rings (SSSR count). The fourth-order valence-electron chi connectivity index (χ4n) is 2.69. The van der Waals surface area contributed by atoms with Crippen molar-refractivity contribution in [1.29, 1.82) is 0 Å². The van der Waals surface area contributed by atoms with Crippen molar-refractivity contribution in [3.8, 4) is 0 Å². The van der Waals surface area contributed by atoms with Gasteiger partial charge in [0.05, 0.1) is 5.60 Å². The Morgan fingerprint density at radius 2 is 1.42 bits per heavy atom. The van der Waals surface area contributed by atoms with Gasteiger partial charge < -0.3 is 5.11 Å². The molecule has 0 radical (unpaired) electrons. The van der Waals surface area contributed by atoms with Crippen LogP contribution in [0.5, 0.6) is 0 Å². The lowest BCUT2D eigenvalue weighted by Crippen LogP contribution is -2.38. The maximum absolute atomic E-state index is 10.3. The number of hydrogen-bond acceptors (Lipinski definition) is 1. The lowest BCUT2D eigenvalue weighted by molar-refractivity contribution is -0.0357. The molecule has 2 aliphatic rings. The first-order valence-electron chi connectivity index (χ1n) is 5.43. The van der Waals surface area contributed by atoms with Crippen LogP contribution in [0, 0.1) is 11.8 Å². The zero-order chi connectivity index (χ0) is 8.60. The van der Waals surface area contributed by atoms with Crippen molar-refractivity contribution in [3.63, 3.8) is 0 Å². The smallest absolute Gasteiger partial charge is 0.0675 e. The highest BCUT2D eigenvalue weighted by Crippen LogP contribution is 2.47. The highest BCUT2D eigenvalue weighted by molar-refractivity contribution is 4.96. The molecule has 70 valence electrons. The van der Waals surface area contributed by atoms with Crippen molar-refractivity contribution in [1.82, 2.24) is 0 Å². The molecule has 0 saturated heterocycles. The molecule has 0 aromatic carbocycles. The molecule has 1 atom stereocenters. The second-order valence-electron chi connectivity index (χ2n) is 4.84. The summed E-state index contributed by atoms with van der Waals surface area (Å²) in [6.07, 6.45) is 9.14. The minimum atomic E-state index is -0.319. The van der Waals surface area contributed by atoms with Crippen molar-refractivity contribution >= 4 is 0 Å². The van der Waals surface area contributed by atoms with Crippen LogP contribution in [0.3, 0.4) is 0 Å². The van der Waals surface area contributed by atoms with E-state index in [-0.39, 0.29) is 5.60 Å². The summed E-state index contributed by atoms with van der Waals surface area (Å²) in [6.45, 7) is 2.07. The van der Waals surface area contributed by atoms with Crippen molar-refractivity contribution in [2.24, 2.45) is 11.8 Å². The summed E-state index contributed by atoms with van der Waals surface area (Å²) >= 11 is 0. The van der Waals surface area contributed by atoms with Gasteiger partial charge in [-0.15, -0.1) is 0 Å². The predicted molar refractivity (Wildman–Crippen MR) is 49.9 cm³/mol. The standard InChI is InChI=1S/C11H20O/c1-11(12,10-7-8-10)9-5-3-2-4-6-9/h9-10,12H,2-8H2,1H3/t11-/m1/s1. The third-order valence-electron chi connectivity index (χ3n) is 3.84. The molecule has 12 heavy (non-hydrogen) atoms. The van der Waals surface area contributed by atoms with Crippen molar-refractivity contribution in [2.45, 2.75) is 57.5 Å². The topological polar surface area (TPSA) is 20.2 Å².